The standard InChI is InChI=1S/C11H21ClN2O3S/c1-11(2,3)10(15)14-6-4-9(5-7-14)13-18(16,17)8-12/h9,13H,4-8H2,1-3H3. The summed E-state index contributed by atoms with van der Waals surface area (Å²) in [7, 11) is -3.37. The van der Waals surface area contributed by atoms with Gasteiger partial charge in [-0.2, -0.15) is 0 Å². The summed E-state index contributed by atoms with van der Waals surface area (Å²) >= 11 is 5.34. The molecule has 0 radical (unpaired) electrons. The number of halogens is 1. The topological polar surface area (TPSA) is 66.5 Å². The molecule has 0 saturated carbocycles. The zero-order valence-electron chi connectivity index (χ0n) is 11.1. The number of amides is 1. The van der Waals surface area contributed by atoms with Crippen molar-refractivity contribution in [3.63, 3.8) is 0 Å². The number of sulfonamides is 1. The van der Waals surface area contributed by atoms with Crippen molar-refractivity contribution in [2.75, 3.05) is 18.3 Å². The van der Waals surface area contributed by atoms with Gasteiger partial charge in [-0.1, -0.05) is 20.8 Å². The van der Waals surface area contributed by atoms with E-state index in [2.05, 4.69) is 4.72 Å². The molecule has 0 aromatic carbocycles. The Labute approximate surface area is 114 Å². The highest BCUT2D eigenvalue weighted by molar-refractivity contribution is 7.90. The quantitative estimate of drug-likeness (QED) is 0.794. The van der Waals surface area contributed by atoms with Crippen LogP contribution >= 0.6 is 11.6 Å². The summed E-state index contributed by atoms with van der Waals surface area (Å²) in [5.74, 6) is 0.112. The van der Waals surface area contributed by atoms with Gasteiger partial charge in [-0.3, -0.25) is 4.79 Å². The summed E-state index contributed by atoms with van der Waals surface area (Å²) in [5, 5.41) is -0.422. The summed E-state index contributed by atoms with van der Waals surface area (Å²) in [6.07, 6.45) is 1.27. The minimum Gasteiger partial charge on any atom is -0.342 e. The van der Waals surface area contributed by atoms with Crippen molar-refractivity contribution in [3.8, 4) is 0 Å². The van der Waals surface area contributed by atoms with Crippen molar-refractivity contribution in [3.05, 3.63) is 0 Å². The van der Waals surface area contributed by atoms with Crippen LogP contribution in [-0.2, 0) is 14.8 Å². The molecule has 18 heavy (non-hydrogen) atoms. The zero-order valence-corrected chi connectivity index (χ0v) is 12.6. The minimum absolute atomic E-state index is 0.112. The van der Waals surface area contributed by atoms with Gasteiger partial charge in [0.2, 0.25) is 15.9 Å². The highest BCUT2D eigenvalue weighted by Gasteiger charge is 2.31. The van der Waals surface area contributed by atoms with Gasteiger partial charge in [0.05, 0.1) is 0 Å². The molecule has 1 saturated heterocycles. The number of rotatable bonds is 3. The van der Waals surface area contributed by atoms with Crippen LogP contribution in [0.4, 0.5) is 0 Å². The average Bonchev–Trinajstić information content (AvgIpc) is 2.27. The molecule has 5 nitrogen and oxygen atoms in total. The Hall–Kier alpha value is -0.330. The Morgan fingerprint density at radius 1 is 1.33 bits per heavy atom. The normalized spacial score (nSPS) is 19.0. The monoisotopic (exact) mass is 296 g/mol. The molecule has 0 aliphatic carbocycles. The predicted molar refractivity (Wildman–Crippen MR) is 71.8 cm³/mol. The van der Waals surface area contributed by atoms with E-state index in [1.165, 1.54) is 0 Å². The van der Waals surface area contributed by atoms with E-state index < -0.39 is 15.2 Å². The van der Waals surface area contributed by atoms with Crippen LogP contribution < -0.4 is 4.72 Å². The zero-order chi connectivity index (χ0) is 14.0. The Morgan fingerprint density at radius 2 is 1.83 bits per heavy atom. The number of piperidine rings is 1. The van der Waals surface area contributed by atoms with E-state index >= 15 is 0 Å². The maximum Gasteiger partial charge on any atom is 0.227 e. The molecule has 1 N–H and O–H groups in total. The number of nitrogens with one attached hydrogen (secondary N) is 1. The molecule has 0 unspecified atom stereocenters. The predicted octanol–water partition coefficient (Wildman–Crippen LogP) is 1.14. The largest absolute Gasteiger partial charge is 0.342 e. The first-order chi connectivity index (χ1) is 8.15. The molecule has 0 spiro atoms. The van der Waals surface area contributed by atoms with Crippen molar-refractivity contribution in [2.24, 2.45) is 5.41 Å². The Kier molecular flexibility index (Phi) is 5.03. The number of nitrogens with zero attached hydrogens (tertiary/aromatic N) is 1. The highest BCUT2D eigenvalue weighted by Crippen LogP contribution is 2.21. The summed E-state index contributed by atoms with van der Waals surface area (Å²) in [5.41, 5.74) is -0.386. The van der Waals surface area contributed by atoms with E-state index in [0.29, 0.717) is 25.9 Å². The first kappa shape index (κ1) is 15.7. The Balaban J connectivity index is 2.50. The molecule has 1 aliphatic rings. The molecule has 0 aromatic heterocycles. The average molecular weight is 297 g/mol. The van der Waals surface area contributed by atoms with E-state index in [1.807, 2.05) is 20.8 Å². The van der Waals surface area contributed by atoms with Gasteiger partial charge in [-0.15, -0.1) is 11.6 Å². The van der Waals surface area contributed by atoms with E-state index in [4.69, 9.17) is 11.6 Å². The number of alkyl halides is 1. The maximum absolute atomic E-state index is 12.0. The molecule has 0 atom stereocenters. The molecular formula is C11H21ClN2O3S. The summed E-state index contributed by atoms with van der Waals surface area (Å²) in [4.78, 5) is 13.8. The molecule has 1 rings (SSSR count). The van der Waals surface area contributed by atoms with Gasteiger partial charge in [0.15, 0.2) is 0 Å². The van der Waals surface area contributed by atoms with Gasteiger partial charge in [-0.25, -0.2) is 13.1 Å². The first-order valence-corrected chi connectivity index (χ1v) is 8.20. The van der Waals surface area contributed by atoms with Crippen LogP contribution in [0.5, 0.6) is 0 Å². The van der Waals surface area contributed by atoms with Crippen LogP contribution in [0.15, 0.2) is 0 Å². The Bertz CT molecular complexity index is 395. The molecule has 0 bridgehead atoms. The summed E-state index contributed by atoms with van der Waals surface area (Å²) in [6.45, 7) is 6.84. The molecule has 1 fully saturated rings. The van der Waals surface area contributed by atoms with Gasteiger partial charge in [0, 0.05) is 24.5 Å². The van der Waals surface area contributed by atoms with Crippen LogP contribution in [-0.4, -0.2) is 43.6 Å². The smallest absolute Gasteiger partial charge is 0.227 e. The minimum atomic E-state index is -3.37. The molecule has 7 heteroatoms. The fourth-order valence-electron chi connectivity index (χ4n) is 1.96. The fourth-order valence-corrected chi connectivity index (χ4v) is 2.96. The second-order valence-corrected chi connectivity index (χ2v) is 8.00. The van der Waals surface area contributed by atoms with Crippen LogP contribution in [0.3, 0.4) is 0 Å². The fraction of sp³-hybridized carbons (Fsp3) is 0.909. The molecule has 1 aliphatic heterocycles. The van der Waals surface area contributed by atoms with Gasteiger partial charge in [0.25, 0.3) is 0 Å². The number of likely N-dealkylation sites (tertiary alicyclic amines) is 1. The van der Waals surface area contributed by atoms with Crippen LogP contribution in [0.1, 0.15) is 33.6 Å². The lowest BCUT2D eigenvalue weighted by atomic mass is 9.93. The molecular weight excluding hydrogens is 276 g/mol. The van der Waals surface area contributed by atoms with E-state index in [-0.39, 0.29) is 17.4 Å². The van der Waals surface area contributed by atoms with Crippen molar-refractivity contribution >= 4 is 27.5 Å². The lowest BCUT2D eigenvalue weighted by Crippen LogP contribution is -2.49. The molecule has 1 heterocycles. The summed E-state index contributed by atoms with van der Waals surface area (Å²) < 4.78 is 25.2. The second kappa shape index (κ2) is 5.75. The van der Waals surface area contributed by atoms with Gasteiger partial charge >= 0.3 is 0 Å². The SMILES string of the molecule is CC(C)(C)C(=O)N1CCC(NS(=O)(=O)CCl)CC1. The van der Waals surface area contributed by atoms with Crippen molar-refractivity contribution in [1.82, 2.24) is 9.62 Å². The highest BCUT2D eigenvalue weighted by atomic mass is 35.5. The number of carbonyl (C=O) groups is 1. The van der Waals surface area contributed by atoms with Crippen LogP contribution in [0.25, 0.3) is 0 Å². The van der Waals surface area contributed by atoms with Crippen molar-refractivity contribution in [2.45, 2.75) is 39.7 Å². The number of hydrogen-bond acceptors (Lipinski definition) is 3. The van der Waals surface area contributed by atoms with Crippen molar-refractivity contribution < 1.29 is 13.2 Å². The second-order valence-electron chi connectivity index (χ2n) is 5.66. The first-order valence-electron chi connectivity index (χ1n) is 6.01. The lowest BCUT2D eigenvalue weighted by molar-refractivity contribution is -0.140. The third-order valence-corrected chi connectivity index (χ3v) is 4.76. The molecule has 0 aromatic rings. The van der Waals surface area contributed by atoms with E-state index in [0.717, 1.165) is 0 Å². The molecule has 1 amide bonds. The number of carbonyl (C=O) groups excluding carboxylic acids is 1. The van der Waals surface area contributed by atoms with Gasteiger partial charge in [0.1, 0.15) is 5.21 Å². The third kappa shape index (κ3) is 4.40. The third-order valence-electron chi connectivity index (χ3n) is 2.91. The van der Waals surface area contributed by atoms with Gasteiger partial charge in [-0.05, 0) is 12.8 Å². The van der Waals surface area contributed by atoms with E-state index in [9.17, 15) is 13.2 Å². The lowest BCUT2D eigenvalue weighted by Gasteiger charge is -2.35. The molecule has 106 valence electrons. The van der Waals surface area contributed by atoms with E-state index in [1.54, 1.807) is 4.90 Å². The maximum atomic E-state index is 12.0. The van der Waals surface area contributed by atoms with Crippen LogP contribution in [0, 0.1) is 5.41 Å². The van der Waals surface area contributed by atoms with Gasteiger partial charge < -0.3 is 4.90 Å². The van der Waals surface area contributed by atoms with Crippen molar-refractivity contribution in [1.29, 1.82) is 0 Å². The summed E-state index contributed by atoms with van der Waals surface area (Å²) in [6, 6.07) is -0.113. The van der Waals surface area contributed by atoms with Crippen LogP contribution in [0.2, 0.25) is 0 Å². The Morgan fingerprint density at radius 3 is 2.22 bits per heavy atom. The number of hydrogen-bond donors (Lipinski definition) is 1.